The maximum absolute atomic E-state index is 12.3. The zero-order valence-electron chi connectivity index (χ0n) is 13.6. The molecule has 0 aliphatic carbocycles. The van der Waals surface area contributed by atoms with Gasteiger partial charge in [0.2, 0.25) is 5.91 Å². The molecule has 1 heterocycles. The first kappa shape index (κ1) is 16.3. The van der Waals surface area contributed by atoms with Crippen LogP contribution in [-0.2, 0) is 11.2 Å². The lowest BCUT2D eigenvalue weighted by molar-refractivity contribution is -0.115. The van der Waals surface area contributed by atoms with Crippen molar-refractivity contribution in [1.29, 1.82) is 0 Å². The summed E-state index contributed by atoms with van der Waals surface area (Å²) in [6, 6.07) is 21.1. The summed E-state index contributed by atoms with van der Waals surface area (Å²) in [5, 5.41) is 13.2. The highest BCUT2D eigenvalue weighted by Gasteiger charge is 2.13. The highest BCUT2D eigenvalue weighted by molar-refractivity contribution is 6.33. The molecule has 0 bridgehead atoms. The van der Waals surface area contributed by atoms with Crippen LogP contribution < -0.4 is 5.32 Å². The molecule has 0 fully saturated rings. The molecular weight excluding hydrogens is 350 g/mol. The minimum Gasteiger partial charge on any atom is -0.403 e. The normalized spacial score (nSPS) is 10.8. The second kappa shape index (κ2) is 6.98. The van der Waals surface area contributed by atoms with Gasteiger partial charge in [-0.25, -0.2) is 0 Å². The van der Waals surface area contributed by atoms with Crippen LogP contribution in [0.1, 0.15) is 5.56 Å². The Balaban J connectivity index is 1.47. The Morgan fingerprint density at radius 2 is 1.73 bits per heavy atom. The Kier molecular flexibility index (Phi) is 4.37. The molecule has 1 amide bonds. The van der Waals surface area contributed by atoms with E-state index in [1.807, 2.05) is 54.6 Å². The summed E-state index contributed by atoms with van der Waals surface area (Å²) in [6.07, 6.45) is 0.217. The molecule has 4 aromatic rings. The minimum absolute atomic E-state index is 0.0470. The summed E-state index contributed by atoms with van der Waals surface area (Å²) in [4.78, 5) is 12.3. The topological polar surface area (TPSA) is 68.0 Å². The standard InChI is InChI=1S/C20H14ClN3O2/c21-17-8-4-3-7-16(17)19-23-24-20(26-19)22-18(25)12-13-9-10-14-5-1-2-6-15(14)11-13/h1-11H,12H2,(H,22,24,25). The number of aromatic nitrogens is 2. The Labute approximate surface area is 154 Å². The van der Waals surface area contributed by atoms with Crippen LogP contribution in [0.5, 0.6) is 0 Å². The molecule has 0 unspecified atom stereocenters. The third kappa shape index (κ3) is 3.43. The van der Waals surface area contributed by atoms with E-state index in [9.17, 15) is 4.79 Å². The van der Waals surface area contributed by atoms with Crippen LogP contribution in [0.2, 0.25) is 5.02 Å². The van der Waals surface area contributed by atoms with Crippen molar-refractivity contribution in [3.8, 4) is 11.5 Å². The molecule has 26 heavy (non-hydrogen) atoms. The Bertz CT molecular complexity index is 1090. The molecule has 3 aromatic carbocycles. The molecule has 5 nitrogen and oxygen atoms in total. The van der Waals surface area contributed by atoms with Crippen LogP contribution in [0.4, 0.5) is 6.01 Å². The number of hydrogen-bond acceptors (Lipinski definition) is 4. The summed E-state index contributed by atoms with van der Waals surface area (Å²) >= 11 is 6.11. The molecular formula is C20H14ClN3O2. The van der Waals surface area contributed by atoms with Gasteiger partial charge in [0, 0.05) is 0 Å². The quantitative estimate of drug-likeness (QED) is 0.569. The van der Waals surface area contributed by atoms with Gasteiger partial charge in [-0.05, 0) is 28.5 Å². The van der Waals surface area contributed by atoms with Gasteiger partial charge in [-0.2, -0.15) is 0 Å². The largest absolute Gasteiger partial charge is 0.403 e. The number of hydrogen-bond donors (Lipinski definition) is 1. The molecule has 0 aliphatic rings. The third-order valence-electron chi connectivity index (χ3n) is 3.95. The van der Waals surface area contributed by atoms with Gasteiger partial charge >= 0.3 is 6.01 Å². The van der Waals surface area contributed by atoms with E-state index < -0.39 is 0 Å². The van der Waals surface area contributed by atoms with Crippen LogP contribution in [0, 0.1) is 0 Å². The monoisotopic (exact) mass is 363 g/mol. The van der Waals surface area contributed by atoms with E-state index in [0.717, 1.165) is 16.3 Å². The van der Waals surface area contributed by atoms with E-state index in [-0.39, 0.29) is 24.2 Å². The molecule has 0 radical (unpaired) electrons. The lowest BCUT2D eigenvalue weighted by Crippen LogP contribution is -2.14. The van der Waals surface area contributed by atoms with Crippen molar-refractivity contribution in [2.75, 3.05) is 5.32 Å². The highest BCUT2D eigenvalue weighted by atomic mass is 35.5. The molecule has 0 saturated carbocycles. The van der Waals surface area contributed by atoms with E-state index in [4.69, 9.17) is 16.0 Å². The van der Waals surface area contributed by atoms with Crippen molar-refractivity contribution < 1.29 is 9.21 Å². The maximum atomic E-state index is 12.3. The van der Waals surface area contributed by atoms with Crippen LogP contribution >= 0.6 is 11.6 Å². The molecule has 128 valence electrons. The van der Waals surface area contributed by atoms with Crippen LogP contribution in [0.3, 0.4) is 0 Å². The first-order valence-electron chi connectivity index (χ1n) is 8.05. The van der Waals surface area contributed by atoms with E-state index in [1.54, 1.807) is 12.1 Å². The Morgan fingerprint density at radius 3 is 2.58 bits per heavy atom. The summed E-state index contributed by atoms with van der Waals surface area (Å²) in [5.41, 5.74) is 1.53. The number of benzene rings is 3. The average Bonchev–Trinajstić information content (AvgIpc) is 3.10. The number of halogens is 1. The molecule has 0 aliphatic heterocycles. The van der Waals surface area contributed by atoms with E-state index in [0.29, 0.717) is 10.6 Å². The molecule has 1 aromatic heterocycles. The first-order chi connectivity index (χ1) is 12.7. The van der Waals surface area contributed by atoms with Crippen molar-refractivity contribution in [2.45, 2.75) is 6.42 Å². The number of carbonyl (C=O) groups excluding carboxylic acids is 1. The van der Waals surface area contributed by atoms with E-state index >= 15 is 0 Å². The van der Waals surface area contributed by atoms with Crippen LogP contribution in [-0.4, -0.2) is 16.1 Å². The van der Waals surface area contributed by atoms with Gasteiger partial charge in [0.05, 0.1) is 17.0 Å². The second-order valence-electron chi connectivity index (χ2n) is 5.80. The lowest BCUT2D eigenvalue weighted by Gasteiger charge is -2.03. The number of nitrogens with one attached hydrogen (secondary N) is 1. The summed E-state index contributed by atoms with van der Waals surface area (Å²) < 4.78 is 5.49. The molecule has 6 heteroatoms. The predicted octanol–water partition coefficient (Wildman–Crippen LogP) is 4.72. The van der Waals surface area contributed by atoms with Gasteiger partial charge in [0.25, 0.3) is 5.89 Å². The van der Waals surface area contributed by atoms with Gasteiger partial charge in [-0.3, -0.25) is 10.1 Å². The minimum atomic E-state index is -0.227. The zero-order chi connectivity index (χ0) is 17.9. The number of carbonyl (C=O) groups is 1. The summed E-state index contributed by atoms with van der Waals surface area (Å²) in [6.45, 7) is 0. The molecule has 1 N–H and O–H groups in total. The van der Waals surface area contributed by atoms with E-state index in [2.05, 4.69) is 15.5 Å². The van der Waals surface area contributed by atoms with Crippen LogP contribution in [0.25, 0.3) is 22.2 Å². The fourth-order valence-corrected chi connectivity index (χ4v) is 2.93. The SMILES string of the molecule is O=C(Cc1ccc2ccccc2c1)Nc1nnc(-c2ccccc2Cl)o1. The second-order valence-corrected chi connectivity index (χ2v) is 6.21. The average molecular weight is 364 g/mol. The number of rotatable bonds is 4. The maximum Gasteiger partial charge on any atom is 0.322 e. The predicted molar refractivity (Wildman–Crippen MR) is 101 cm³/mol. The van der Waals surface area contributed by atoms with Gasteiger partial charge in [-0.1, -0.05) is 71.3 Å². The third-order valence-corrected chi connectivity index (χ3v) is 4.28. The van der Waals surface area contributed by atoms with Crippen molar-refractivity contribution in [2.24, 2.45) is 0 Å². The number of fused-ring (bicyclic) bond motifs is 1. The number of amides is 1. The van der Waals surface area contributed by atoms with Gasteiger partial charge < -0.3 is 4.42 Å². The summed E-state index contributed by atoms with van der Waals surface area (Å²) in [7, 11) is 0. The van der Waals surface area contributed by atoms with Crippen molar-refractivity contribution in [3.05, 3.63) is 77.3 Å². The molecule has 0 saturated heterocycles. The zero-order valence-corrected chi connectivity index (χ0v) is 14.4. The van der Waals surface area contributed by atoms with Crippen molar-refractivity contribution in [1.82, 2.24) is 10.2 Å². The van der Waals surface area contributed by atoms with Crippen molar-refractivity contribution >= 4 is 34.3 Å². The van der Waals surface area contributed by atoms with Crippen LogP contribution in [0.15, 0.2) is 71.1 Å². The van der Waals surface area contributed by atoms with E-state index in [1.165, 1.54) is 0 Å². The Morgan fingerprint density at radius 1 is 0.962 bits per heavy atom. The van der Waals surface area contributed by atoms with Gasteiger partial charge in [-0.15, -0.1) is 5.10 Å². The Hall–Kier alpha value is -3.18. The van der Waals surface area contributed by atoms with Gasteiger partial charge in [0.15, 0.2) is 0 Å². The lowest BCUT2D eigenvalue weighted by atomic mass is 10.1. The van der Waals surface area contributed by atoms with Crippen molar-refractivity contribution in [3.63, 3.8) is 0 Å². The fourth-order valence-electron chi connectivity index (χ4n) is 2.71. The fraction of sp³-hybridized carbons (Fsp3) is 0.0500. The smallest absolute Gasteiger partial charge is 0.322 e. The highest BCUT2D eigenvalue weighted by Crippen LogP contribution is 2.27. The number of anilines is 1. The number of nitrogens with zero attached hydrogens (tertiary/aromatic N) is 2. The molecule has 4 rings (SSSR count). The van der Waals surface area contributed by atoms with Gasteiger partial charge in [0.1, 0.15) is 0 Å². The molecule has 0 spiro atoms. The summed E-state index contributed by atoms with van der Waals surface area (Å²) in [5.74, 6) is 0.0336. The molecule has 0 atom stereocenters. The first-order valence-corrected chi connectivity index (χ1v) is 8.43.